The number of likely N-dealkylation sites (N-methyl/N-ethyl adjacent to an activating group) is 1. The Morgan fingerprint density at radius 3 is 3.10 bits per heavy atom. The Hall–Kier alpha value is -2.12. The van der Waals surface area contributed by atoms with Crippen LogP contribution in [0, 0.1) is 11.3 Å². The molecule has 1 aromatic carbocycles. The average molecular weight is 280 g/mol. The van der Waals surface area contributed by atoms with Gasteiger partial charge in [-0.05, 0) is 32.0 Å². The zero-order valence-corrected chi connectivity index (χ0v) is 12.3. The molecule has 2 heterocycles. The lowest BCUT2D eigenvalue weighted by Crippen LogP contribution is -2.42. The molecule has 0 aliphatic carbocycles. The minimum Gasteiger partial charge on any atom is -0.379 e. The second-order valence-corrected chi connectivity index (χ2v) is 5.55. The molecule has 1 saturated heterocycles. The summed E-state index contributed by atoms with van der Waals surface area (Å²) in [4.78, 5) is 6.82. The lowest BCUT2D eigenvalue weighted by atomic mass is 10.0. The number of hydrogen-bond donors (Lipinski definition) is 1. The number of rotatable bonds is 3. The number of pyridine rings is 1. The minimum absolute atomic E-state index is 0.400. The first kappa shape index (κ1) is 13.8. The second kappa shape index (κ2) is 6.11. The van der Waals surface area contributed by atoms with Crippen molar-refractivity contribution >= 4 is 16.6 Å². The smallest absolute Gasteiger partial charge is 0.103 e. The lowest BCUT2D eigenvalue weighted by molar-refractivity contribution is 0.227. The normalized spacial score (nSPS) is 19.3. The first-order valence-electron chi connectivity index (χ1n) is 7.58. The van der Waals surface area contributed by atoms with Gasteiger partial charge < -0.3 is 10.2 Å². The van der Waals surface area contributed by atoms with Crippen molar-refractivity contribution in [3.8, 4) is 6.07 Å². The quantitative estimate of drug-likeness (QED) is 0.939. The molecule has 1 fully saturated rings. The Balaban J connectivity index is 1.94. The number of fused-ring (bicyclic) bond motifs is 1. The van der Waals surface area contributed by atoms with E-state index in [1.807, 2.05) is 24.3 Å². The molecule has 21 heavy (non-hydrogen) atoms. The summed E-state index contributed by atoms with van der Waals surface area (Å²) >= 11 is 0. The fraction of sp³-hybridized carbons (Fsp3) is 0.412. The Bertz CT molecular complexity index is 674. The van der Waals surface area contributed by atoms with Gasteiger partial charge in [0.15, 0.2) is 0 Å². The number of nitrogens with zero attached hydrogens (tertiary/aromatic N) is 3. The number of para-hydroxylation sites is 1. The van der Waals surface area contributed by atoms with Gasteiger partial charge in [0.05, 0.1) is 16.8 Å². The average Bonchev–Trinajstić information content (AvgIpc) is 2.55. The zero-order chi connectivity index (χ0) is 14.7. The van der Waals surface area contributed by atoms with E-state index in [0.717, 1.165) is 36.1 Å². The Labute approximate surface area is 125 Å². The molecule has 1 unspecified atom stereocenters. The summed E-state index contributed by atoms with van der Waals surface area (Å²) in [5.74, 6) is 0. The van der Waals surface area contributed by atoms with Gasteiger partial charge in [-0.1, -0.05) is 25.1 Å². The first-order chi connectivity index (χ1) is 10.3. The molecule has 1 aromatic heterocycles. The van der Waals surface area contributed by atoms with E-state index < -0.39 is 0 Å². The monoisotopic (exact) mass is 280 g/mol. The van der Waals surface area contributed by atoms with E-state index in [1.54, 1.807) is 6.20 Å². The number of aromatic nitrogens is 1. The standard InChI is InChI=1S/C17H20N4/c1-2-21-9-5-6-14(12-21)20-17-13(10-18)11-19-16-8-4-3-7-15(16)17/h3-4,7-8,11,14H,2,5-6,9,12H2,1H3,(H,19,20). The molecule has 1 atom stereocenters. The van der Waals surface area contributed by atoms with Crippen molar-refractivity contribution < 1.29 is 0 Å². The van der Waals surface area contributed by atoms with Crippen LogP contribution in [-0.2, 0) is 0 Å². The summed E-state index contributed by atoms with van der Waals surface area (Å²) in [5.41, 5.74) is 2.50. The molecule has 108 valence electrons. The zero-order valence-electron chi connectivity index (χ0n) is 12.3. The van der Waals surface area contributed by atoms with Crippen LogP contribution in [0.25, 0.3) is 10.9 Å². The second-order valence-electron chi connectivity index (χ2n) is 5.55. The minimum atomic E-state index is 0.400. The van der Waals surface area contributed by atoms with Crippen LogP contribution in [0.1, 0.15) is 25.3 Å². The summed E-state index contributed by atoms with van der Waals surface area (Å²) < 4.78 is 0. The highest BCUT2D eigenvalue weighted by molar-refractivity contribution is 5.93. The molecule has 4 heteroatoms. The van der Waals surface area contributed by atoms with E-state index in [2.05, 4.69) is 28.2 Å². The highest BCUT2D eigenvalue weighted by atomic mass is 15.2. The van der Waals surface area contributed by atoms with Crippen LogP contribution < -0.4 is 5.32 Å². The third-order valence-corrected chi connectivity index (χ3v) is 4.20. The number of nitrogens with one attached hydrogen (secondary N) is 1. The van der Waals surface area contributed by atoms with Gasteiger partial charge >= 0.3 is 0 Å². The van der Waals surface area contributed by atoms with E-state index in [4.69, 9.17) is 0 Å². The van der Waals surface area contributed by atoms with E-state index in [-0.39, 0.29) is 0 Å². The van der Waals surface area contributed by atoms with Crippen LogP contribution in [0.4, 0.5) is 5.69 Å². The molecule has 0 amide bonds. The Morgan fingerprint density at radius 1 is 1.43 bits per heavy atom. The maximum Gasteiger partial charge on any atom is 0.103 e. The molecule has 0 saturated carbocycles. The summed E-state index contributed by atoms with van der Waals surface area (Å²) in [6.45, 7) is 5.50. The molecule has 1 N–H and O–H groups in total. The highest BCUT2D eigenvalue weighted by Gasteiger charge is 2.20. The maximum absolute atomic E-state index is 9.37. The van der Waals surface area contributed by atoms with Crippen molar-refractivity contribution in [2.75, 3.05) is 25.0 Å². The molecular weight excluding hydrogens is 260 g/mol. The van der Waals surface area contributed by atoms with Gasteiger partial charge in [-0.3, -0.25) is 4.98 Å². The predicted molar refractivity (Wildman–Crippen MR) is 85.2 cm³/mol. The Morgan fingerprint density at radius 2 is 2.29 bits per heavy atom. The molecule has 3 rings (SSSR count). The summed E-state index contributed by atoms with van der Waals surface area (Å²) in [5, 5.41) is 14.0. The first-order valence-corrected chi connectivity index (χ1v) is 7.58. The van der Waals surface area contributed by atoms with Gasteiger partial charge in [-0.2, -0.15) is 5.26 Å². The van der Waals surface area contributed by atoms with Crippen LogP contribution in [0.15, 0.2) is 30.5 Å². The molecule has 4 nitrogen and oxygen atoms in total. The number of hydrogen-bond acceptors (Lipinski definition) is 4. The molecule has 0 bridgehead atoms. The SMILES string of the molecule is CCN1CCCC(Nc2c(C#N)cnc3ccccc23)C1. The highest BCUT2D eigenvalue weighted by Crippen LogP contribution is 2.27. The van der Waals surface area contributed by atoms with Crippen molar-refractivity contribution in [3.63, 3.8) is 0 Å². The predicted octanol–water partition coefficient (Wildman–Crippen LogP) is 3.00. The number of benzene rings is 1. The summed E-state index contributed by atoms with van der Waals surface area (Å²) in [6, 6.07) is 10.7. The van der Waals surface area contributed by atoms with Gasteiger partial charge in [0.1, 0.15) is 6.07 Å². The van der Waals surface area contributed by atoms with Gasteiger partial charge in [0.25, 0.3) is 0 Å². The largest absolute Gasteiger partial charge is 0.379 e. The van der Waals surface area contributed by atoms with Crippen molar-refractivity contribution in [2.45, 2.75) is 25.8 Å². The summed E-state index contributed by atoms with van der Waals surface area (Å²) in [6.07, 6.45) is 4.03. The van der Waals surface area contributed by atoms with Gasteiger partial charge in [0, 0.05) is 24.2 Å². The van der Waals surface area contributed by atoms with E-state index >= 15 is 0 Å². The molecule has 2 aromatic rings. The van der Waals surface area contributed by atoms with Crippen LogP contribution in [0.3, 0.4) is 0 Å². The summed E-state index contributed by atoms with van der Waals surface area (Å²) in [7, 11) is 0. The van der Waals surface area contributed by atoms with E-state index in [9.17, 15) is 5.26 Å². The molecule has 0 radical (unpaired) electrons. The molecular formula is C17H20N4. The van der Waals surface area contributed by atoms with Gasteiger partial charge in [-0.25, -0.2) is 0 Å². The van der Waals surface area contributed by atoms with Crippen molar-refractivity contribution in [1.82, 2.24) is 9.88 Å². The molecule has 1 aliphatic heterocycles. The van der Waals surface area contributed by atoms with E-state index in [1.165, 1.54) is 13.0 Å². The number of nitriles is 1. The third kappa shape index (κ3) is 2.84. The Kier molecular flexibility index (Phi) is 4.03. The van der Waals surface area contributed by atoms with Gasteiger partial charge in [0.2, 0.25) is 0 Å². The fourth-order valence-electron chi connectivity index (χ4n) is 3.05. The lowest BCUT2D eigenvalue weighted by Gasteiger charge is -2.33. The molecule has 1 aliphatic rings. The number of likely N-dealkylation sites (tertiary alicyclic amines) is 1. The topological polar surface area (TPSA) is 52.0 Å². The van der Waals surface area contributed by atoms with E-state index in [0.29, 0.717) is 11.6 Å². The van der Waals surface area contributed by atoms with Crippen molar-refractivity contribution in [3.05, 3.63) is 36.0 Å². The molecule has 0 spiro atoms. The van der Waals surface area contributed by atoms with Gasteiger partial charge in [-0.15, -0.1) is 0 Å². The van der Waals surface area contributed by atoms with Crippen molar-refractivity contribution in [1.29, 1.82) is 5.26 Å². The van der Waals surface area contributed by atoms with Crippen LogP contribution in [-0.4, -0.2) is 35.6 Å². The maximum atomic E-state index is 9.37. The van der Waals surface area contributed by atoms with Crippen LogP contribution in [0.5, 0.6) is 0 Å². The third-order valence-electron chi connectivity index (χ3n) is 4.20. The van der Waals surface area contributed by atoms with Crippen LogP contribution >= 0.6 is 0 Å². The fourth-order valence-corrected chi connectivity index (χ4v) is 3.05. The van der Waals surface area contributed by atoms with Crippen molar-refractivity contribution in [2.24, 2.45) is 0 Å². The number of piperidine rings is 1. The van der Waals surface area contributed by atoms with Crippen LogP contribution in [0.2, 0.25) is 0 Å². The number of anilines is 1.